The Morgan fingerprint density at radius 2 is 2.05 bits per heavy atom. The van der Waals surface area contributed by atoms with Crippen LogP contribution in [-0.4, -0.2) is 15.9 Å². The van der Waals surface area contributed by atoms with Crippen molar-refractivity contribution in [2.45, 2.75) is 25.0 Å². The van der Waals surface area contributed by atoms with Gasteiger partial charge < -0.3 is 10.5 Å². The van der Waals surface area contributed by atoms with Crippen LogP contribution in [0, 0.1) is 0 Å². The van der Waals surface area contributed by atoms with Gasteiger partial charge in [0.1, 0.15) is 12.4 Å². The summed E-state index contributed by atoms with van der Waals surface area (Å²) in [6.07, 6.45) is 3.02. The number of nitrogens with zero attached hydrogens (tertiary/aromatic N) is 2. The van der Waals surface area contributed by atoms with E-state index in [1.54, 1.807) is 0 Å². The molecule has 0 amide bonds. The van der Waals surface area contributed by atoms with Gasteiger partial charge in [0.25, 0.3) is 0 Å². The van der Waals surface area contributed by atoms with Crippen LogP contribution in [0.3, 0.4) is 0 Å². The third kappa shape index (κ3) is 3.04. The maximum absolute atomic E-state index is 12.1. The molecule has 1 saturated carbocycles. The summed E-state index contributed by atoms with van der Waals surface area (Å²) in [4.78, 5) is 20.4. The van der Waals surface area contributed by atoms with Gasteiger partial charge in [-0.25, -0.2) is 14.8 Å². The van der Waals surface area contributed by atoms with Gasteiger partial charge in [0, 0.05) is 0 Å². The molecule has 0 radical (unpaired) electrons. The molecule has 2 aromatic rings. The van der Waals surface area contributed by atoms with Crippen molar-refractivity contribution < 1.29 is 9.53 Å². The number of hydrogen-bond donors (Lipinski definition) is 1. The molecule has 1 aliphatic rings. The Morgan fingerprint density at radius 3 is 2.71 bits per heavy atom. The van der Waals surface area contributed by atoms with Crippen LogP contribution < -0.4 is 5.73 Å². The number of rotatable bonds is 4. The van der Waals surface area contributed by atoms with Gasteiger partial charge in [0.05, 0.1) is 16.8 Å². The molecule has 0 aliphatic heterocycles. The summed E-state index contributed by atoms with van der Waals surface area (Å²) in [6, 6.07) is 9.41. The molecule has 1 fully saturated rings. The molecule has 108 valence electrons. The highest BCUT2D eigenvalue weighted by Gasteiger charge is 2.43. The van der Waals surface area contributed by atoms with Crippen LogP contribution >= 0.6 is 11.6 Å². The molecule has 0 saturated heterocycles. The number of nitrogens with two attached hydrogens (primary N) is 1. The topological polar surface area (TPSA) is 78.1 Å². The highest BCUT2D eigenvalue weighted by atomic mass is 35.5. The number of esters is 1. The van der Waals surface area contributed by atoms with Crippen LogP contribution in [0.4, 0.5) is 0 Å². The van der Waals surface area contributed by atoms with E-state index in [9.17, 15) is 4.79 Å². The maximum Gasteiger partial charge on any atom is 0.358 e. The summed E-state index contributed by atoms with van der Waals surface area (Å²) in [5.41, 5.74) is 6.48. The van der Waals surface area contributed by atoms with Crippen LogP contribution in [-0.2, 0) is 16.9 Å². The SMILES string of the molecule is NC1(c2ncc(Cl)c(C(=O)OCc3ccccc3)n2)CC1. The first-order valence-electron chi connectivity index (χ1n) is 6.61. The van der Waals surface area contributed by atoms with Crippen molar-refractivity contribution in [2.75, 3.05) is 0 Å². The van der Waals surface area contributed by atoms with Gasteiger partial charge in [-0.2, -0.15) is 0 Å². The van der Waals surface area contributed by atoms with Gasteiger partial charge in [-0.05, 0) is 18.4 Å². The fraction of sp³-hybridized carbons (Fsp3) is 0.267. The van der Waals surface area contributed by atoms with E-state index in [4.69, 9.17) is 22.1 Å². The van der Waals surface area contributed by atoms with Crippen LogP contribution in [0.2, 0.25) is 5.02 Å². The van der Waals surface area contributed by atoms with E-state index >= 15 is 0 Å². The Labute approximate surface area is 127 Å². The minimum Gasteiger partial charge on any atom is -0.456 e. The first-order valence-corrected chi connectivity index (χ1v) is 6.99. The zero-order valence-corrected chi connectivity index (χ0v) is 12.0. The number of halogens is 1. The summed E-state index contributed by atoms with van der Waals surface area (Å²) in [5.74, 6) is -0.129. The molecule has 1 aromatic heterocycles. The summed E-state index contributed by atoms with van der Waals surface area (Å²) in [7, 11) is 0. The Hall–Kier alpha value is -1.98. The third-order valence-electron chi connectivity index (χ3n) is 3.38. The lowest BCUT2D eigenvalue weighted by Crippen LogP contribution is -2.23. The minimum absolute atomic E-state index is 0.0642. The first kappa shape index (κ1) is 14.0. The zero-order valence-electron chi connectivity index (χ0n) is 11.3. The van der Waals surface area contributed by atoms with Crippen molar-refractivity contribution in [3.63, 3.8) is 0 Å². The number of benzene rings is 1. The lowest BCUT2D eigenvalue weighted by Gasteiger charge is -2.10. The molecule has 1 aliphatic carbocycles. The first-order chi connectivity index (χ1) is 10.1. The molecule has 2 N–H and O–H groups in total. The molecule has 0 spiro atoms. The predicted octanol–water partition coefficient (Wildman–Crippen LogP) is 2.43. The zero-order chi connectivity index (χ0) is 14.9. The quantitative estimate of drug-likeness (QED) is 0.878. The van der Waals surface area contributed by atoms with Crippen LogP contribution in [0.5, 0.6) is 0 Å². The highest BCUT2D eigenvalue weighted by Crippen LogP contribution is 2.40. The predicted molar refractivity (Wildman–Crippen MR) is 77.7 cm³/mol. The molecule has 3 rings (SSSR count). The van der Waals surface area contributed by atoms with Crippen LogP contribution in [0.1, 0.15) is 34.7 Å². The van der Waals surface area contributed by atoms with Crippen molar-refractivity contribution in [3.8, 4) is 0 Å². The van der Waals surface area contributed by atoms with E-state index in [-0.39, 0.29) is 17.3 Å². The third-order valence-corrected chi connectivity index (χ3v) is 3.66. The van der Waals surface area contributed by atoms with Crippen LogP contribution in [0.15, 0.2) is 36.5 Å². The van der Waals surface area contributed by atoms with Gasteiger partial charge in [-0.3, -0.25) is 0 Å². The van der Waals surface area contributed by atoms with Gasteiger partial charge in [-0.15, -0.1) is 0 Å². The lowest BCUT2D eigenvalue weighted by atomic mass is 10.2. The van der Waals surface area contributed by atoms with Gasteiger partial charge >= 0.3 is 5.97 Å². The molecule has 6 heteroatoms. The van der Waals surface area contributed by atoms with E-state index in [2.05, 4.69) is 9.97 Å². The molecular weight excluding hydrogens is 290 g/mol. The van der Waals surface area contributed by atoms with Crippen molar-refractivity contribution in [1.82, 2.24) is 9.97 Å². The largest absolute Gasteiger partial charge is 0.456 e. The average Bonchev–Trinajstić information content (AvgIpc) is 3.25. The van der Waals surface area contributed by atoms with E-state index in [0.29, 0.717) is 5.82 Å². The van der Waals surface area contributed by atoms with Gasteiger partial charge in [0.2, 0.25) is 0 Å². The molecule has 1 aromatic carbocycles. The highest BCUT2D eigenvalue weighted by molar-refractivity contribution is 6.33. The van der Waals surface area contributed by atoms with E-state index in [1.165, 1.54) is 6.20 Å². The molecule has 0 bridgehead atoms. The maximum atomic E-state index is 12.1. The van der Waals surface area contributed by atoms with Gasteiger partial charge in [0.15, 0.2) is 5.69 Å². The van der Waals surface area contributed by atoms with Crippen molar-refractivity contribution in [2.24, 2.45) is 5.73 Å². The summed E-state index contributed by atoms with van der Waals surface area (Å²) in [6.45, 7) is 0.170. The van der Waals surface area contributed by atoms with Gasteiger partial charge in [-0.1, -0.05) is 41.9 Å². The van der Waals surface area contributed by atoms with Crippen LogP contribution in [0.25, 0.3) is 0 Å². The molecular formula is C15H14ClN3O2. The molecule has 0 unspecified atom stereocenters. The fourth-order valence-electron chi connectivity index (χ4n) is 1.90. The molecule has 0 atom stereocenters. The summed E-state index contributed by atoms with van der Waals surface area (Å²) >= 11 is 5.98. The Kier molecular flexibility index (Phi) is 3.61. The smallest absolute Gasteiger partial charge is 0.358 e. The van der Waals surface area contributed by atoms with E-state index in [1.807, 2.05) is 30.3 Å². The Morgan fingerprint density at radius 1 is 1.33 bits per heavy atom. The summed E-state index contributed by atoms with van der Waals surface area (Å²) < 4.78 is 5.23. The second kappa shape index (κ2) is 5.42. The van der Waals surface area contributed by atoms with Crippen molar-refractivity contribution >= 4 is 17.6 Å². The monoisotopic (exact) mass is 303 g/mol. The fourth-order valence-corrected chi connectivity index (χ4v) is 2.07. The Balaban J connectivity index is 1.75. The Bertz CT molecular complexity index is 672. The van der Waals surface area contributed by atoms with E-state index < -0.39 is 11.5 Å². The minimum atomic E-state index is -0.572. The second-order valence-corrected chi connectivity index (χ2v) is 5.52. The number of carbonyl (C=O) groups excluding carboxylic acids is 1. The van der Waals surface area contributed by atoms with Crippen molar-refractivity contribution in [3.05, 3.63) is 58.6 Å². The van der Waals surface area contributed by atoms with Crippen molar-refractivity contribution in [1.29, 1.82) is 0 Å². The van der Waals surface area contributed by atoms with E-state index in [0.717, 1.165) is 18.4 Å². The summed E-state index contributed by atoms with van der Waals surface area (Å²) in [5, 5.41) is 0.168. The number of hydrogen-bond acceptors (Lipinski definition) is 5. The number of carbonyl (C=O) groups is 1. The molecule has 1 heterocycles. The standard InChI is InChI=1S/C15H14ClN3O2/c16-11-8-18-14(15(17)6-7-15)19-12(11)13(20)21-9-10-4-2-1-3-5-10/h1-5,8H,6-7,9,17H2. The second-order valence-electron chi connectivity index (χ2n) is 5.11. The molecule has 5 nitrogen and oxygen atoms in total. The average molecular weight is 304 g/mol. The molecule has 21 heavy (non-hydrogen) atoms. The number of ether oxygens (including phenoxy) is 1. The normalized spacial score (nSPS) is 15.5. The lowest BCUT2D eigenvalue weighted by molar-refractivity contribution is 0.0465. The number of aromatic nitrogens is 2.